The summed E-state index contributed by atoms with van der Waals surface area (Å²) < 4.78 is 10.1. The molecule has 2 N–H and O–H groups in total. The number of nitrogens with two attached hydrogens (primary N) is 1. The summed E-state index contributed by atoms with van der Waals surface area (Å²) in [6.07, 6.45) is 1.69. The van der Waals surface area contributed by atoms with E-state index in [9.17, 15) is 19.6 Å². The van der Waals surface area contributed by atoms with Gasteiger partial charge in [0.15, 0.2) is 5.41 Å². The number of hydrogen-bond acceptors (Lipinski definition) is 8. The number of nitrogens with zero attached hydrogens (tertiary/aromatic N) is 7. The Morgan fingerprint density at radius 1 is 1.08 bits per heavy atom. The van der Waals surface area contributed by atoms with E-state index in [2.05, 4.69) is 26.2 Å². The zero-order chi connectivity index (χ0) is 27.6. The average Bonchev–Trinajstić information content (AvgIpc) is 3.49. The molecule has 1 amide bonds. The highest BCUT2D eigenvalue weighted by atomic mass is 79.9. The van der Waals surface area contributed by atoms with Crippen molar-refractivity contribution in [3.05, 3.63) is 108 Å². The number of hydrogen-bond donors (Lipinski definition) is 1. The Bertz CT molecular complexity index is 1900. The monoisotopic (exact) mass is 586 g/mol. The molecule has 39 heavy (non-hydrogen) atoms. The molecule has 0 radical (unpaired) electrons. The number of aromatic nitrogens is 5. The summed E-state index contributed by atoms with van der Waals surface area (Å²) in [5.74, 6) is -1.15. The van der Waals surface area contributed by atoms with Crippen molar-refractivity contribution in [2.24, 2.45) is 19.8 Å². The van der Waals surface area contributed by atoms with Gasteiger partial charge in [-0.2, -0.15) is 5.26 Å². The van der Waals surface area contributed by atoms with Crippen molar-refractivity contribution in [1.29, 1.82) is 5.26 Å². The molecule has 2 aliphatic rings. The van der Waals surface area contributed by atoms with Gasteiger partial charge in [-0.1, -0.05) is 39.3 Å². The van der Waals surface area contributed by atoms with Gasteiger partial charge in [0.05, 0.1) is 18.4 Å². The third kappa shape index (κ3) is 3.25. The van der Waals surface area contributed by atoms with Crippen LogP contribution >= 0.6 is 15.9 Å². The van der Waals surface area contributed by atoms with Crippen molar-refractivity contribution < 1.29 is 9.53 Å². The lowest BCUT2D eigenvalue weighted by molar-refractivity contribution is -0.121. The molecule has 4 aromatic rings. The molecule has 1 spiro atoms. The summed E-state index contributed by atoms with van der Waals surface area (Å²) in [4.78, 5) is 42.3. The van der Waals surface area contributed by atoms with Crippen LogP contribution in [-0.4, -0.2) is 30.0 Å². The number of carbonyl (C=O) groups excluding carboxylic acids is 1. The molecule has 194 valence electrons. The van der Waals surface area contributed by atoms with Crippen molar-refractivity contribution in [1.82, 2.24) is 24.1 Å². The van der Waals surface area contributed by atoms with Gasteiger partial charge in [-0.05, 0) is 30.3 Å². The molecule has 0 saturated carbocycles. The maximum absolute atomic E-state index is 14.5. The van der Waals surface area contributed by atoms with Crippen LogP contribution in [0.3, 0.4) is 0 Å². The van der Waals surface area contributed by atoms with E-state index in [4.69, 9.17) is 10.5 Å². The van der Waals surface area contributed by atoms with Crippen LogP contribution in [0.15, 0.2) is 80.2 Å². The third-order valence-electron chi connectivity index (χ3n) is 7.04. The van der Waals surface area contributed by atoms with E-state index < -0.39 is 22.6 Å². The first kappa shape index (κ1) is 24.4. The van der Waals surface area contributed by atoms with Crippen LogP contribution in [0.2, 0.25) is 0 Å². The highest BCUT2D eigenvalue weighted by Crippen LogP contribution is 2.54. The molecule has 13 heteroatoms. The summed E-state index contributed by atoms with van der Waals surface area (Å²) in [5.41, 5.74) is 4.50. The number of halogens is 1. The number of nitriles is 1. The predicted molar refractivity (Wildman–Crippen MR) is 142 cm³/mol. The van der Waals surface area contributed by atoms with Crippen LogP contribution in [-0.2, 0) is 30.8 Å². The molecule has 0 saturated heterocycles. The molecule has 2 aliphatic heterocycles. The minimum atomic E-state index is -1.93. The zero-order valence-corrected chi connectivity index (χ0v) is 22.2. The maximum Gasteiger partial charge on any atom is 0.333 e. The van der Waals surface area contributed by atoms with Gasteiger partial charge in [-0.3, -0.25) is 18.7 Å². The lowest BCUT2D eigenvalue weighted by atomic mass is 9.69. The summed E-state index contributed by atoms with van der Waals surface area (Å²) in [7, 11) is 2.71. The van der Waals surface area contributed by atoms with Gasteiger partial charge in [-0.15, -0.1) is 5.10 Å². The molecule has 0 fully saturated rings. The van der Waals surface area contributed by atoms with Crippen LogP contribution in [0, 0.1) is 11.3 Å². The number of anilines is 1. The Labute approximate surface area is 228 Å². The van der Waals surface area contributed by atoms with Crippen LogP contribution in [0.4, 0.5) is 5.69 Å². The van der Waals surface area contributed by atoms with Gasteiger partial charge < -0.3 is 15.4 Å². The fourth-order valence-corrected chi connectivity index (χ4v) is 5.48. The Hall–Kier alpha value is -4.96. The first-order valence-corrected chi connectivity index (χ1v) is 12.5. The second kappa shape index (κ2) is 8.53. The summed E-state index contributed by atoms with van der Waals surface area (Å²) in [6, 6.07) is 16.3. The van der Waals surface area contributed by atoms with E-state index >= 15 is 0 Å². The van der Waals surface area contributed by atoms with Gasteiger partial charge in [0, 0.05) is 29.8 Å². The normalized spacial score (nSPS) is 17.7. The fourth-order valence-electron chi connectivity index (χ4n) is 5.22. The second-order valence-electron chi connectivity index (χ2n) is 9.13. The standard InChI is InChI=1S/C26H19BrN8O4/c1-32-22(36)20-23(33(2)25(32)38)39-21(29)18(11-28)26(20)17-5-3-4-6-19(17)34(24(26)37)12-15-13-35(31-30-15)16-9-7-14(27)8-10-16/h3-10,13H,12,29H2,1-2H3. The number of rotatable bonds is 3. The first-order valence-electron chi connectivity index (χ1n) is 11.7. The van der Waals surface area contributed by atoms with E-state index in [1.807, 2.05) is 30.3 Å². The molecule has 2 aromatic heterocycles. The zero-order valence-electron chi connectivity index (χ0n) is 20.6. The average molecular weight is 587 g/mol. The molecule has 1 unspecified atom stereocenters. The van der Waals surface area contributed by atoms with Crippen molar-refractivity contribution >= 4 is 27.5 Å². The molecule has 1 atom stereocenters. The van der Waals surface area contributed by atoms with Crippen molar-refractivity contribution in [3.63, 3.8) is 0 Å². The SMILES string of the molecule is Cn1c2c(c(=O)n(C)c1=O)C1(C(=O)N(Cc3cn(-c4ccc(Br)cc4)nn3)c3ccccc31)C(C#N)=C(N)O2. The van der Waals surface area contributed by atoms with Gasteiger partial charge in [0.2, 0.25) is 17.7 Å². The Morgan fingerprint density at radius 2 is 1.79 bits per heavy atom. The number of ether oxygens (including phenoxy) is 1. The molecule has 0 aliphatic carbocycles. The number of amides is 1. The van der Waals surface area contributed by atoms with E-state index in [0.717, 1.165) is 19.3 Å². The highest BCUT2D eigenvalue weighted by Gasteiger charge is 2.61. The molecule has 0 bridgehead atoms. The molecule has 6 rings (SSSR count). The first-order chi connectivity index (χ1) is 18.7. The molecular formula is C26H19BrN8O4. The Morgan fingerprint density at radius 3 is 2.51 bits per heavy atom. The van der Waals surface area contributed by atoms with Gasteiger partial charge in [0.25, 0.3) is 5.56 Å². The molecule has 4 heterocycles. The number of carbonyl (C=O) groups is 1. The summed E-state index contributed by atoms with van der Waals surface area (Å²) in [5, 5.41) is 18.7. The van der Waals surface area contributed by atoms with Crippen molar-refractivity contribution in [2.75, 3.05) is 4.90 Å². The van der Waals surface area contributed by atoms with Gasteiger partial charge >= 0.3 is 5.69 Å². The number of para-hydroxylation sites is 1. The van der Waals surface area contributed by atoms with Crippen molar-refractivity contribution in [2.45, 2.75) is 12.0 Å². The highest BCUT2D eigenvalue weighted by molar-refractivity contribution is 9.10. The Kier molecular flexibility index (Phi) is 5.34. The van der Waals surface area contributed by atoms with E-state index in [1.165, 1.54) is 19.0 Å². The van der Waals surface area contributed by atoms with E-state index in [0.29, 0.717) is 16.9 Å². The lowest BCUT2D eigenvalue weighted by Gasteiger charge is -2.34. The molecule has 2 aromatic carbocycles. The van der Waals surface area contributed by atoms with Crippen LogP contribution in [0.1, 0.15) is 16.8 Å². The lowest BCUT2D eigenvalue weighted by Crippen LogP contribution is -2.52. The summed E-state index contributed by atoms with van der Waals surface area (Å²) in [6.45, 7) is -0.00495. The smallest absolute Gasteiger partial charge is 0.333 e. The number of fused-ring (bicyclic) bond motifs is 4. The van der Waals surface area contributed by atoms with E-state index in [-0.39, 0.29) is 29.4 Å². The topological polar surface area (TPSA) is 154 Å². The molecule has 12 nitrogen and oxygen atoms in total. The van der Waals surface area contributed by atoms with Gasteiger partial charge in [-0.25, -0.2) is 9.48 Å². The second-order valence-corrected chi connectivity index (χ2v) is 10.0. The van der Waals surface area contributed by atoms with Gasteiger partial charge in [0.1, 0.15) is 22.9 Å². The van der Waals surface area contributed by atoms with Crippen LogP contribution < -0.4 is 26.6 Å². The Balaban J connectivity index is 1.55. The minimum absolute atomic E-state index is 0.00495. The van der Waals surface area contributed by atoms with Crippen LogP contribution in [0.25, 0.3) is 5.69 Å². The minimum Gasteiger partial charge on any atom is -0.423 e. The third-order valence-corrected chi connectivity index (χ3v) is 7.57. The predicted octanol–water partition coefficient (Wildman–Crippen LogP) is 1.35. The maximum atomic E-state index is 14.5. The fraction of sp³-hybridized carbons (Fsp3) is 0.154. The van der Waals surface area contributed by atoms with Crippen LogP contribution in [0.5, 0.6) is 5.88 Å². The van der Waals surface area contributed by atoms with E-state index in [1.54, 1.807) is 35.1 Å². The number of benzene rings is 2. The summed E-state index contributed by atoms with van der Waals surface area (Å²) >= 11 is 3.41. The largest absolute Gasteiger partial charge is 0.423 e. The quantitative estimate of drug-likeness (QED) is 0.377. The molecular weight excluding hydrogens is 568 g/mol. The van der Waals surface area contributed by atoms with Crippen molar-refractivity contribution in [3.8, 4) is 17.6 Å².